The molecule has 10 nitrogen and oxygen atoms in total. The van der Waals surface area contributed by atoms with E-state index in [1.807, 2.05) is 13.0 Å². The van der Waals surface area contributed by atoms with Crippen molar-refractivity contribution in [1.29, 1.82) is 5.26 Å². The van der Waals surface area contributed by atoms with Crippen LogP contribution < -0.4 is 10.1 Å². The van der Waals surface area contributed by atoms with Gasteiger partial charge in [0.15, 0.2) is 0 Å². The molecular formula is C14H14BrN7O3. The van der Waals surface area contributed by atoms with Gasteiger partial charge in [-0.1, -0.05) is 13.3 Å². The molecule has 0 unspecified atom stereocenters. The van der Waals surface area contributed by atoms with Crippen LogP contribution >= 0.6 is 15.9 Å². The molecule has 0 radical (unpaired) electrons. The maximum atomic E-state index is 11.3. The number of halogens is 1. The molecule has 1 heterocycles. The summed E-state index contributed by atoms with van der Waals surface area (Å²) in [7, 11) is 0. The van der Waals surface area contributed by atoms with Crippen LogP contribution in [-0.4, -0.2) is 32.2 Å². The molecule has 0 saturated heterocycles. The second-order valence-corrected chi connectivity index (χ2v) is 5.66. The molecule has 0 fully saturated rings. The smallest absolute Gasteiger partial charge is 0.294 e. The Kier molecular flexibility index (Phi) is 6.41. The normalized spacial score (nSPS) is 11.0. The number of nitrogens with one attached hydrogen (secondary N) is 2. The van der Waals surface area contributed by atoms with Gasteiger partial charge in [0.05, 0.1) is 16.0 Å². The number of aromatic amines is 1. The predicted octanol–water partition coefficient (Wildman–Crippen LogP) is 3.03. The number of allylic oxidation sites excluding steroid dienone is 1. The van der Waals surface area contributed by atoms with Gasteiger partial charge in [0.1, 0.15) is 23.1 Å². The first-order chi connectivity index (χ1) is 12.1. The molecule has 2 aromatic rings. The second kappa shape index (κ2) is 8.74. The molecule has 0 amide bonds. The molecule has 0 aliphatic rings. The van der Waals surface area contributed by atoms with Crippen molar-refractivity contribution in [2.75, 3.05) is 11.9 Å². The van der Waals surface area contributed by atoms with Crippen molar-refractivity contribution >= 4 is 32.9 Å². The van der Waals surface area contributed by atoms with E-state index in [4.69, 9.17) is 10.00 Å². The Balaban J connectivity index is 2.32. The van der Waals surface area contributed by atoms with Gasteiger partial charge in [-0.2, -0.15) is 10.5 Å². The molecule has 2 rings (SSSR count). The van der Waals surface area contributed by atoms with Gasteiger partial charge in [-0.15, -0.1) is 10.2 Å². The number of nitriles is 1. The van der Waals surface area contributed by atoms with E-state index in [2.05, 4.69) is 41.9 Å². The molecule has 1 aromatic heterocycles. The molecule has 130 valence electrons. The van der Waals surface area contributed by atoms with Crippen molar-refractivity contribution in [2.24, 2.45) is 0 Å². The minimum absolute atomic E-state index is 0.0689. The fraction of sp³-hybridized carbons (Fsp3) is 0.286. The van der Waals surface area contributed by atoms with Crippen LogP contribution in [0.25, 0.3) is 5.57 Å². The largest absolute Gasteiger partial charge is 0.492 e. The summed E-state index contributed by atoms with van der Waals surface area (Å²) in [4.78, 5) is 10.7. The Morgan fingerprint density at radius 2 is 2.40 bits per heavy atom. The molecule has 2 N–H and O–H groups in total. The summed E-state index contributed by atoms with van der Waals surface area (Å²) in [5, 5.41) is 36.2. The summed E-state index contributed by atoms with van der Waals surface area (Å²) in [5.41, 5.74) is 0.0757. The van der Waals surface area contributed by atoms with Crippen LogP contribution in [0, 0.1) is 21.4 Å². The molecular weight excluding hydrogens is 394 g/mol. The highest BCUT2D eigenvalue weighted by Crippen LogP contribution is 2.36. The number of aromatic nitrogens is 4. The highest BCUT2D eigenvalue weighted by atomic mass is 79.9. The molecule has 0 atom stereocenters. The number of rotatable bonds is 8. The number of ether oxygens (including phenoxy) is 1. The van der Waals surface area contributed by atoms with Crippen LogP contribution in [0.3, 0.4) is 0 Å². The lowest BCUT2D eigenvalue weighted by Gasteiger charge is -2.10. The zero-order valence-electron chi connectivity index (χ0n) is 13.2. The number of nitro groups is 1. The fourth-order valence-corrected chi connectivity index (χ4v) is 2.27. The molecule has 0 bridgehead atoms. The van der Waals surface area contributed by atoms with Crippen LogP contribution in [-0.2, 0) is 0 Å². The molecule has 25 heavy (non-hydrogen) atoms. The number of nitrogens with zero attached hydrogens (tertiary/aromatic N) is 5. The summed E-state index contributed by atoms with van der Waals surface area (Å²) >= 11 is 3.27. The molecule has 0 aliphatic carbocycles. The lowest BCUT2D eigenvalue weighted by Crippen LogP contribution is -2.01. The van der Waals surface area contributed by atoms with Gasteiger partial charge in [0.2, 0.25) is 5.82 Å². The van der Waals surface area contributed by atoms with Crippen LogP contribution in [0.1, 0.15) is 25.6 Å². The van der Waals surface area contributed by atoms with Crippen molar-refractivity contribution in [3.63, 3.8) is 0 Å². The third-order valence-electron chi connectivity index (χ3n) is 3.08. The summed E-state index contributed by atoms with van der Waals surface area (Å²) in [6.45, 7) is 2.53. The quantitative estimate of drug-likeness (QED) is 0.294. The van der Waals surface area contributed by atoms with Crippen molar-refractivity contribution < 1.29 is 9.66 Å². The molecule has 0 aliphatic heterocycles. The van der Waals surface area contributed by atoms with Gasteiger partial charge in [-0.3, -0.25) is 10.1 Å². The topological polar surface area (TPSA) is 143 Å². The lowest BCUT2D eigenvalue weighted by molar-refractivity contribution is -0.384. The number of unbranched alkanes of at least 4 members (excludes halogenated alkanes) is 1. The Morgan fingerprint density at radius 3 is 3.00 bits per heavy atom. The Hall–Kier alpha value is -3.00. The number of H-pyrrole nitrogens is 1. The highest BCUT2D eigenvalue weighted by Gasteiger charge is 2.18. The summed E-state index contributed by atoms with van der Waals surface area (Å²) in [6, 6.07) is 4.74. The lowest BCUT2D eigenvalue weighted by atomic mass is 10.2. The van der Waals surface area contributed by atoms with Gasteiger partial charge in [-0.25, -0.2) is 0 Å². The van der Waals surface area contributed by atoms with Crippen LogP contribution in [0.4, 0.5) is 11.4 Å². The zero-order valence-corrected chi connectivity index (χ0v) is 14.8. The average molecular weight is 408 g/mol. The first kappa shape index (κ1) is 18.3. The molecule has 0 saturated carbocycles. The SMILES string of the molecule is CCCCOc1cc(NC=C(C#N)c2nn[nH]n2)c([N+](=O)[O-])cc1Br. The van der Waals surface area contributed by atoms with Crippen LogP contribution in [0.2, 0.25) is 0 Å². The third-order valence-corrected chi connectivity index (χ3v) is 3.70. The van der Waals surface area contributed by atoms with Gasteiger partial charge in [-0.05, 0) is 27.6 Å². The van der Waals surface area contributed by atoms with E-state index in [-0.39, 0.29) is 22.8 Å². The van der Waals surface area contributed by atoms with E-state index in [1.54, 1.807) is 0 Å². The van der Waals surface area contributed by atoms with E-state index in [0.29, 0.717) is 16.8 Å². The molecule has 1 aromatic carbocycles. The average Bonchev–Trinajstić information content (AvgIpc) is 3.12. The van der Waals surface area contributed by atoms with E-state index >= 15 is 0 Å². The van der Waals surface area contributed by atoms with E-state index in [1.165, 1.54) is 18.3 Å². The monoisotopic (exact) mass is 407 g/mol. The number of hydrogen-bond acceptors (Lipinski definition) is 8. The van der Waals surface area contributed by atoms with Crippen LogP contribution in [0.5, 0.6) is 5.75 Å². The standard InChI is InChI=1S/C14H14BrN7O3/c1-2-3-4-25-13-6-11(12(22(23)24)5-10(13)15)17-8-9(7-16)14-18-20-21-19-14/h5-6,8,17H,2-4H2,1H3,(H,18,19,20,21). The Labute approximate surface area is 151 Å². The summed E-state index contributed by atoms with van der Waals surface area (Å²) < 4.78 is 6.10. The Bertz CT molecular complexity index is 815. The van der Waals surface area contributed by atoms with E-state index in [0.717, 1.165) is 12.8 Å². The maximum absolute atomic E-state index is 11.3. The number of nitro benzene ring substituents is 1. The van der Waals surface area contributed by atoms with Gasteiger partial charge >= 0.3 is 0 Å². The number of benzene rings is 1. The third kappa shape index (κ3) is 4.74. The van der Waals surface area contributed by atoms with Gasteiger partial charge < -0.3 is 10.1 Å². The molecule has 11 heteroatoms. The van der Waals surface area contributed by atoms with Gasteiger partial charge in [0.25, 0.3) is 5.69 Å². The predicted molar refractivity (Wildman–Crippen MR) is 92.6 cm³/mol. The zero-order chi connectivity index (χ0) is 18.2. The molecule has 0 spiro atoms. The van der Waals surface area contributed by atoms with E-state index < -0.39 is 4.92 Å². The number of tetrazole rings is 1. The van der Waals surface area contributed by atoms with Crippen molar-refractivity contribution in [3.8, 4) is 11.8 Å². The van der Waals surface area contributed by atoms with Crippen LogP contribution in [0.15, 0.2) is 22.8 Å². The summed E-state index contributed by atoms with van der Waals surface area (Å²) in [6.07, 6.45) is 3.11. The summed E-state index contributed by atoms with van der Waals surface area (Å²) in [5.74, 6) is 0.544. The fourth-order valence-electron chi connectivity index (χ4n) is 1.82. The number of anilines is 1. The first-order valence-corrected chi connectivity index (χ1v) is 8.07. The minimum Gasteiger partial charge on any atom is -0.492 e. The van der Waals surface area contributed by atoms with E-state index in [9.17, 15) is 10.1 Å². The second-order valence-electron chi connectivity index (χ2n) is 4.81. The van der Waals surface area contributed by atoms with Crippen molar-refractivity contribution in [3.05, 3.63) is 38.7 Å². The first-order valence-electron chi connectivity index (χ1n) is 7.28. The maximum Gasteiger partial charge on any atom is 0.294 e. The van der Waals surface area contributed by atoms with Crippen molar-refractivity contribution in [1.82, 2.24) is 20.6 Å². The van der Waals surface area contributed by atoms with Gasteiger partial charge in [0, 0.05) is 18.3 Å². The highest BCUT2D eigenvalue weighted by molar-refractivity contribution is 9.10. The number of hydrogen-bond donors (Lipinski definition) is 2. The van der Waals surface area contributed by atoms with Crippen molar-refractivity contribution in [2.45, 2.75) is 19.8 Å². The minimum atomic E-state index is -0.531. The Morgan fingerprint density at radius 1 is 1.60 bits per heavy atom.